The van der Waals surface area contributed by atoms with Crippen molar-refractivity contribution in [1.29, 1.82) is 0 Å². The summed E-state index contributed by atoms with van der Waals surface area (Å²) in [5.41, 5.74) is 3.98. The molecule has 44 heavy (non-hydrogen) atoms. The fourth-order valence-corrected chi connectivity index (χ4v) is 5.47. The van der Waals surface area contributed by atoms with Gasteiger partial charge in [0, 0.05) is 5.56 Å². The van der Waals surface area contributed by atoms with Crippen LogP contribution < -0.4 is 4.74 Å². The number of hydrogen-bond donors (Lipinski definition) is 0. The molecule has 0 aliphatic carbocycles. The minimum atomic E-state index is -0.332. The minimum absolute atomic E-state index is 0.114. The fraction of sp³-hybridized carbons (Fsp3) is 0.439. The number of aryl methyl sites for hydroxylation is 1. The molecule has 236 valence electrons. The van der Waals surface area contributed by atoms with Gasteiger partial charge in [0.25, 0.3) is 0 Å². The first kappa shape index (κ1) is 35.0. The number of rotatable bonds is 24. The Hall–Kier alpha value is -3.46. The summed E-state index contributed by atoms with van der Waals surface area (Å²) >= 11 is 0. The molecule has 0 atom stereocenters. The largest absolute Gasteiger partial charge is 0.494 e. The Labute approximate surface area is 266 Å². The zero-order valence-electron chi connectivity index (χ0n) is 26.8. The van der Waals surface area contributed by atoms with Gasteiger partial charge in [-0.05, 0) is 78.4 Å². The number of unbranched alkanes of at least 4 members (excludes halogenated alkanes) is 15. The first-order valence-electron chi connectivity index (χ1n) is 17.1. The lowest BCUT2D eigenvalue weighted by molar-refractivity contribution is 0.104. The number of benzene rings is 3. The molecule has 0 aliphatic rings. The maximum atomic E-state index is 13.0. The molecule has 0 spiro atoms. The van der Waals surface area contributed by atoms with Crippen LogP contribution in [-0.2, 0) is 6.42 Å². The second-order valence-corrected chi connectivity index (χ2v) is 12.0. The Morgan fingerprint density at radius 3 is 1.59 bits per heavy atom. The predicted molar refractivity (Wildman–Crippen MR) is 186 cm³/mol. The van der Waals surface area contributed by atoms with E-state index in [0.29, 0.717) is 5.56 Å². The first-order chi connectivity index (χ1) is 21.6. The molecular weight excluding hydrogens is 543 g/mol. The van der Waals surface area contributed by atoms with Gasteiger partial charge in [0.05, 0.1) is 6.61 Å². The summed E-state index contributed by atoms with van der Waals surface area (Å²) in [6.45, 7) is 4.60. The van der Waals surface area contributed by atoms with E-state index in [-0.39, 0.29) is 11.6 Å². The average molecular weight is 597 g/mol. The molecule has 0 unspecified atom stereocenters. The van der Waals surface area contributed by atoms with E-state index in [1.165, 1.54) is 126 Å². The van der Waals surface area contributed by atoms with E-state index in [1.807, 2.05) is 36.4 Å². The third-order valence-electron chi connectivity index (χ3n) is 8.28. The number of allylic oxidation sites excluding steroid dienone is 1. The van der Waals surface area contributed by atoms with Crippen molar-refractivity contribution in [3.8, 4) is 5.75 Å². The normalized spacial score (nSPS) is 11.2. The predicted octanol–water partition coefficient (Wildman–Crippen LogP) is 12.2. The van der Waals surface area contributed by atoms with E-state index in [9.17, 15) is 9.18 Å². The molecule has 0 saturated heterocycles. The smallest absolute Gasteiger partial charge is 0.185 e. The molecule has 0 heterocycles. The van der Waals surface area contributed by atoms with E-state index in [2.05, 4.69) is 30.8 Å². The van der Waals surface area contributed by atoms with E-state index >= 15 is 0 Å². The Bertz CT molecular complexity index is 1210. The number of halogens is 1. The number of carbonyl (C=O) groups is 1. The van der Waals surface area contributed by atoms with Crippen LogP contribution in [0.4, 0.5) is 4.39 Å². The summed E-state index contributed by atoms with van der Waals surface area (Å²) in [6, 6.07) is 22.2. The SMILES string of the molecule is C=Cc1ccc(OCCCCCCCCCCCCCCCCCCc2ccc(C=CC(=O)c3ccc(F)cc3)cc2)cc1. The van der Waals surface area contributed by atoms with Crippen LogP contribution in [0.2, 0.25) is 0 Å². The monoisotopic (exact) mass is 596 g/mol. The van der Waals surface area contributed by atoms with Crippen LogP contribution in [0.3, 0.4) is 0 Å². The zero-order valence-corrected chi connectivity index (χ0v) is 26.8. The Balaban J connectivity index is 1.05. The van der Waals surface area contributed by atoms with Crippen molar-refractivity contribution in [2.75, 3.05) is 6.61 Å². The molecule has 0 fully saturated rings. The molecule has 3 aromatic carbocycles. The highest BCUT2D eigenvalue weighted by Gasteiger charge is 2.02. The maximum absolute atomic E-state index is 13.0. The van der Waals surface area contributed by atoms with Gasteiger partial charge in [0.15, 0.2) is 5.78 Å². The van der Waals surface area contributed by atoms with Crippen LogP contribution in [0.1, 0.15) is 130 Å². The summed E-state index contributed by atoms with van der Waals surface area (Å²) in [7, 11) is 0. The number of ether oxygens (including phenoxy) is 1. The van der Waals surface area contributed by atoms with Gasteiger partial charge in [-0.3, -0.25) is 4.79 Å². The minimum Gasteiger partial charge on any atom is -0.494 e. The van der Waals surface area contributed by atoms with Gasteiger partial charge < -0.3 is 4.74 Å². The number of carbonyl (C=O) groups excluding carboxylic acids is 1. The Morgan fingerprint density at radius 2 is 1.07 bits per heavy atom. The van der Waals surface area contributed by atoms with E-state index in [1.54, 1.807) is 6.08 Å². The molecule has 0 saturated carbocycles. The quantitative estimate of drug-likeness (QED) is 0.0584. The van der Waals surface area contributed by atoms with Crippen molar-refractivity contribution in [2.24, 2.45) is 0 Å². The van der Waals surface area contributed by atoms with Gasteiger partial charge in [0.1, 0.15) is 11.6 Å². The highest BCUT2D eigenvalue weighted by molar-refractivity contribution is 6.06. The van der Waals surface area contributed by atoms with Crippen molar-refractivity contribution in [1.82, 2.24) is 0 Å². The third kappa shape index (κ3) is 15.3. The van der Waals surface area contributed by atoms with Crippen LogP contribution >= 0.6 is 0 Å². The van der Waals surface area contributed by atoms with Crippen molar-refractivity contribution in [3.05, 3.63) is 114 Å². The van der Waals surface area contributed by atoms with Crippen LogP contribution in [0.25, 0.3) is 12.2 Å². The molecule has 0 amide bonds. The summed E-state index contributed by atoms with van der Waals surface area (Å²) < 4.78 is 18.8. The lowest BCUT2D eigenvalue weighted by atomic mass is 10.0. The molecule has 0 bridgehead atoms. The van der Waals surface area contributed by atoms with Crippen molar-refractivity contribution in [3.63, 3.8) is 0 Å². The molecule has 0 N–H and O–H groups in total. The molecular formula is C41H53FO2. The van der Waals surface area contributed by atoms with E-state index in [0.717, 1.165) is 36.3 Å². The molecule has 0 aliphatic heterocycles. The molecule has 3 rings (SSSR count). The van der Waals surface area contributed by atoms with Crippen molar-refractivity contribution < 1.29 is 13.9 Å². The van der Waals surface area contributed by atoms with Gasteiger partial charge in [-0.1, -0.05) is 145 Å². The second-order valence-electron chi connectivity index (χ2n) is 12.0. The van der Waals surface area contributed by atoms with Crippen molar-refractivity contribution >= 4 is 17.9 Å². The van der Waals surface area contributed by atoms with E-state index < -0.39 is 0 Å². The summed E-state index contributed by atoms with van der Waals surface area (Å²) in [4.78, 5) is 12.2. The van der Waals surface area contributed by atoms with Crippen LogP contribution in [0.15, 0.2) is 85.5 Å². The topological polar surface area (TPSA) is 26.3 Å². The molecule has 0 radical (unpaired) electrons. The first-order valence-corrected chi connectivity index (χ1v) is 17.1. The summed E-state index contributed by atoms with van der Waals surface area (Å²) in [6.07, 6.45) is 27.8. The standard InChI is InChI=1S/C41H53FO2/c1-2-35-24-31-40(32-25-35)44-34-18-16-14-12-10-8-6-4-3-5-7-9-11-13-15-17-19-36-20-22-37(23-21-36)26-33-41(43)38-27-29-39(42)30-28-38/h2,20-33H,1,3-19,34H2. The Morgan fingerprint density at radius 1 is 0.591 bits per heavy atom. The maximum Gasteiger partial charge on any atom is 0.185 e. The number of ketones is 1. The second kappa shape index (κ2) is 22.1. The van der Waals surface area contributed by atoms with Gasteiger partial charge in [-0.15, -0.1) is 0 Å². The Kier molecular flexibility index (Phi) is 17.6. The average Bonchev–Trinajstić information content (AvgIpc) is 3.05. The zero-order chi connectivity index (χ0) is 31.1. The molecule has 3 heteroatoms. The molecule has 3 aromatic rings. The van der Waals surface area contributed by atoms with Crippen LogP contribution in [-0.4, -0.2) is 12.4 Å². The van der Waals surface area contributed by atoms with Gasteiger partial charge in [-0.25, -0.2) is 4.39 Å². The highest BCUT2D eigenvalue weighted by Crippen LogP contribution is 2.17. The van der Waals surface area contributed by atoms with Crippen LogP contribution in [0, 0.1) is 5.82 Å². The fourth-order valence-electron chi connectivity index (χ4n) is 5.47. The van der Waals surface area contributed by atoms with Crippen molar-refractivity contribution in [2.45, 2.75) is 109 Å². The lowest BCUT2D eigenvalue weighted by Gasteiger charge is -2.06. The van der Waals surface area contributed by atoms with E-state index in [4.69, 9.17) is 4.74 Å². The molecule has 0 aromatic heterocycles. The third-order valence-corrected chi connectivity index (χ3v) is 8.28. The van der Waals surface area contributed by atoms with Crippen LogP contribution in [0.5, 0.6) is 5.75 Å². The summed E-state index contributed by atoms with van der Waals surface area (Å²) in [5.74, 6) is 0.510. The highest BCUT2D eigenvalue weighted by atomic mass is 19.1. The number of hydrogen-bond acceptors (Lipinski definition) is 2. The van der Waals surface area contributed by atoms with Gasteiger partial charge in [-0.2, -0.15) is 0 Å². The molecule has 2 nitrogen and oxygen atoms in total. The van der Waals surface area contributed by atoms with Gasteiger partial charge >= 0.3 is 0 Å². The lowest BCUT2D eigenvalue weighted by Crippen LogP contribution is -1.97. The summed E-state index contributed by atoms with van der Waals surface area (Å²) in [5, 5.41) is 0. The van der Waals surface area contributed by atoms with Gasteiger partial charge in [0.2, 0.25) is 0 Å².